The average Bonchev–Trinajstić information content (AvgIpc) is 2.73. The zero-order valence-electron chi connectivity index (χ0n) is 16.3. The van der Waals surface area contributed by atoms with Gasteiger partial charge in [0.25, 0.3) is 0 Å². The van der Waals surface area contributed by atoms with E-state index in [0.717, 1.165) is 0 Å². The van der Waals surface area contributed by atoms with E-state index in [-0.39, 0.29) is 17.0 Å². The lowest BCUT2D eigenvalue weighted by Gasteiger charge is -2.17. The second kappa shape index (κ2) is 7.68. The lowest BCUT2D eigenvalue weighted by Crippen LogP contribution is -2.04. The maximum Gasteiger partial charge on any atom is 0.339 e. The predicted octanol–water partition coefficient (Wildman–Crippen LogP) is 4.45. The molecule has 0 saturated heterocycles. The minimum absolute atomic E-state index is 0.0982. The number of carboxylic acids is 1. The molecule has 0 radical (unpaired) electrons. The molecule has 9 N–H and O–H groups in total. The normalized spacial score (nSPS) is 10.7. The van der Waals surface area contributed by atoms with Crippen LogP contribution in [-0.4, -0.2) is 11.1 Å². The summed E-state index contributed by atoms with van der Waals surface area (Å²) in [6.07, 6.45) is 0. The van der Waals surface area contributed by atoms with Crippen molar-refractivity contribution in [2.45, 2.75) is 0 Å². The summed E-state index contributed by atoms with van der Waals surface area (Å²) in [6.45, 7) is 0. The van der Waals surface area contributed by atoms with Gasteiger partial charge in [0.15, 0.2) is 5.75 Å². The van der Waals surface area contributed by atoms with Crippen LogP contribution in [0.4, 0.5) is 22.7 Å². The van der Waals surface area contributed by atoms with Crippen LogP contribution in [0.1, 0.15) is 10.4 Å². The van der Waals surface area contributed by atoms with Gasteiger partial charge in [-0.25, -0.2) is 4.79 Å². The molecule has 4 rings (SSSR count). The van der Waals surface area contributed by atoms with Crippen LogP contribution in [-0.2, 0) is 0 Å². The molecule has 0 unspecified atom stereocenters. The van der Waals surface area contributed by atoms with Gasteiger partial charge in [-0.05, 0) is 42.5 Å². The van der Waals surface area contributed by atoms with Gasteiger partial charge >= 0.3 is 5.97 Å². The molecule has 0 aliphatic carbocycles. The number of hydrogen-bond donors (Lipinski definition) is 5. The lowest BCUT2D eigenvalue weighted by molar-refractivity contribution is 0.0694. The van der Waals surface area contributed by atoms with Crippen molar-refractivity contribution in [1.29, 1.82) is 0 Å². The highest BCUT2D eigenvalue weighted by Gasteiger charge is 2.21. The molecule has 8 nitrogen and oxygen atoms in total. The van der Waals surface area contributed by atoms with E-state index in [2.05, 4.69) is 0 Å². The number of nitrogen functional groups attached to an aromatic ring is 4. The summed E-state index contributed by atoms with van der Waals surface area (Å²) in [5.41, 5.74) is 25.0. The van der Waals surface area contributed by atoms with Crippen LogP contribution in [0, 0.1) is 0 Å². The van der Waals surface area contributed by atoms with Crippen LogP contribution in [0.2, 0.25) is 0 Å². The van der Waals surface area contributed by atoms with Crippen molar-refractivity contribution in [3.8, 4) is 23.0 Å². The third-order valence-corrected chi connectivity index (χ3v) is 4.69. The molecule has 31 heavy (non-hydrogen) atoms. The van der Waals surface area contributed by atoms with Gasteiger partial charge in [0.1, 0.15) is 22.8 Å². The minimum atomic E-state index is -1.19. The predicted molar refractivity (Wildman–Crippen MR) is 122 cm³/mol. The fraction of sp³-hybridized carbons (Fsp3) is 0. The highest BCUT2D eigenvalue weighted by atomic mass is 16.5. The number of anilines is 4. The van der Waals surface area contributed by atoms with Crippen LogP contribution >= 0.6 is 0 Å². The minimum Gasteiger partial charge on any atom is -0.478 e. The Kier molecular flexibility index (Phi) is 4.88. The van der Waals surface area contributed by atoms with E-state index in [0.29, 0.717) is 45.1 Å². The van der Waals surface area contributed by atoms with Gasteiger partial charge in [-0.15, -0.1) is 0 Å². The molecule has 0 bridgehead atoms. The quantitative estimate of drug-likeness (QED) is 0.298. The van der Waals surface area contributed by atoms with Crippen LogP contribution in [0.25, 0.3) is 10.8 Å². The molecular formula is C23H20N4O4. The van der Waals surface area contributed by atoms with E-state index in [4.69, 9.17) is 32.4 Å². The number of carbonyl (C=O) groups is 1. The van der Waals surface area contributed by atoms with Gasteiger partial charge in [-0.1, -0.05) is 24.3 Å². The third kappa shape index (κ3) is 3.82. The van der Waals surface area contributed by atoms with Crippen molar-refractivity contribution >= 4 is 39.5 Å². The molecule has 156 valence electrons. The van der Waals surface area contributed by atoms with E-state index in [1.807, 2.05) is 6.07 Å². The largest absolute Gasteiger partial charge is 0.478 e. The fourth-order valence-electron chi connectivity index (χ4n) is 3.22. The van der Waals surface area contributed by atoms with Gasteiger partial charge in [0.2, 0.25) is 0 Å². The highest BCUT2D eigenvalue weighted by molar-refractivity contribution is 6.04. The Bertz CT molecular complexity index is 1320. The van der Waals surface area contributed by atoms with E-state index in [1.54, 1.807) is 54.6 Å². The second-order valence-corrected chi connectivity index (χ2v) is 6.90. The summed E-state index contributed by atoms with van der Waals surface area (Å²) in [5.74, 6) is -0.102. The second-order valence-electron chi connectivity index (χ2n) is 6.90. The van der Waals surface area contributed by atoms with E-state index < -0.39 is 5.97 Å². The molecule has 0 atom stereocenters. The van der Waals surface area contributed by atoms with Gasteiger partial charge in [0.05, 0.1) is 11.4 Å². The first-order valence-corrected chi connectivity index (χ1v) is 9.28. The number of carboxylic acid groups (broad SMARTS) is 1. The van der Waals surface area contributed by atoms with Crippen molar-refractivity contribution < 1.29 is 19.4 Å². The number of rotatable bonds is 5. The van der Waals surface area contributed by atoms with Gasteiger partial charge in [-0.3, -0.25) is 0 Å². The van der Waals surface area contributed by atoms with E-state index in [1.165, 1.54) is 6.07 Å². The SMILES string of the molecule is Nc1ccc(Oc2cc(C(=O)O)c(Oc3ccc(N)cc3N)c3ccccc23)c(N)c1. The summed E-state index contributed by atoms with van der Waals surface area (Å²) in [5, 5.41) is 11.0. The Labute approximate surface area is 177 Å². The molecule has 8 heteroatoms. The Hall–Kier alpha value is -4.59. The molecule has 0 fully saturated rings. The molecule has 0 aromatic heterocycles. The number of nitrogens with two attached hydrogens (primary N) is 4. The molecule has 4 aromatic carbocycles. The Morgan fingerprint density at radius 2 is 1.23 bits per heavy atom. The Morgan fingerprint density at radius 1 is 0.677 bits per heavy atom. The number of benzene rings is 4. The van der Waals surface area contributed by atoms with Crippen molar-refractivity contribution in [2.24, 2.45) is 0 Å². The van der Waals surface area contributed by atoms with Crippen LogP contribution in [0.5, 0.6) is 23.0 Å². The van der Waals surface area contributed by atoms with Crippen molar-refractivity contribution in [3.63, 3.8) is 0 Å². The topological polar surface area (TPSA) is 160 Å². The maximum absolute atomic E-state index is 12.1. The van der Waals surface area contributed by atoms with Gasteiger partial charge < -0.3 is 37.5 Å². The smallest absolute Gasteiger partial charge is 0.339 e. The molecule has 0 amide bonds. The molecule has 0 heterocycles. The summed E-state index contributed by atoms with van der Waals surface area (Å²) in [7, 11) is 0. The van der Waals surface area contributed by atoms with Crippen molar-refractivity contribution in [3.05, 3.63) is 72.3 Å². The molecule has 0 aliphatic heterocycles. The van der Waals surface area contributed by atoms with Crippen LogP contribution in [0.3, 0.4) is 0 Å². The molecule has 0 aliphatic rings. The van der Waals surface area contributed by atoms with E-state index in [9.17, 15) is 9.90 Å². The standard InChI is InChI=1S/C23H20N4O4/c24-12-5-7-19(17(26)9-12)30-21-11-16(23(28)29)22(15-4-2-1-3-14(15)21)31-20-8-6-13(25)10-18(20)27/h1-11H,24-27H2,(H,28,29). The molecule has 0 spiro atoms. The summed E-state index contributed by atoms with van der Waals surface area (Å²) in [6, 6.07) is 18.1. The Morgan fingerprint density at radius 3 is 1.77 bits per heavy atom. The third-order valence-electron chi connectivity index (χ3n) is 4.69. The number of hydrogen-bond acceptors (Lipinski definition) is 7. The number of aromatic carboxylic acids is 1. The van der Waals surface area contributed by atoms with Crippen LogP contribution < -0.4 is 32.4 Å². The first-order chi connectivity index (χ1) is 14.8. The zero-order chi connectivity index (χ0) is 22.1. The Balaban J connectivity index is 1.88. The van der Waals surface area contributed by atoms with E-state index >= 15 is 0 Å². The summed E-state index contributed by atoms with van der Waals surface area (Å²) in [4.78, 5) is 12.1. The fourth-order valence-corrected chi connectivity index (χ4v) is 3.22. The van der Waals surface area contributed by atoms with Gasteiger partial charge in [-0.2, -0.15) is 0 Å². The summed E-state index contributed by atoms with van der Waals surface area (Å²) >= 11 is 0. The number of fused-ring (bicyclic) bond motifs is 1. The molecule has 0 saturated carbocycles. The zero-order valence-corrected chi connectivity index (χ0v) is 16.3. The molecule has 4 aromatic rings. The van der Waals surface area contributed by atoms with Crippen LogP contribution in [0.15, 0.2) is 66.7 Å². The first-order valence-electron chi connectivity index (χ1n) is 9.28. The summed E-state index contributed by atoms with van der Waals surface area (Å²) < 4.78 is 11.9. The van der Waals surface area contributed by atoms with Crippen molar-refractivity contribution in [1.82, 2.24) is 0 Å². The monoisotopic (exact) mass is 416 g/mol. The first kappa shape index (κ1) is 19.7. The van der Waals surface area contributed by atoms with Crippen molar-refractivity contribution in [2.75, 3.05) is 22.9 Å². The lowest BCUT2D eigenvalue weighted by atomic mass is 10.0. The van der Waals surface area contributed by atoms with Gasteiger partial charge in [0, 0.05) is 22.1 Å². The number of ether oxygens (including phenoxy) is 2. The average molecular weight is 416 g/mol. The highest BCUT2D eigenvalue weighted by Crippen LogP contribution is 2.42. The maximum atomic E-state index is 12.1. The molecular weight excluding hydrogens is 396 g/mol.